The molecule has 108 valence electrons. The molecule has 1 heterocycles. The topological polar surface area (TPSA) is 17.0 Å². The molecule has 2 heteroatoms. The fraction of sp³-hybridized carbons (Fsp3) is 0.263. The molecule has 0 saturated carbocycles. The van der Waals surface area contributed by atoms with Gasteiger partial charge in [0.1, 0.15) is 0 Å². The van der Waals surface area contributed by atoms with Gasteiger partial charge in [0.25, 0.3) is 0 Å². The SMILES string of the molecule is CC(Cc1ccccc1)NCc1cn(C)c2ccccc12. The van der Waals surface area contributed by atoms with E-state index in [0.29, 0.717) is 6.04 Å². The van der Waals surface area contributed by atoms with Crippen molar-refractivity contribution in [1.82, 2.24) is 9.88 Å². The van der Waals surface area contributed by atoms with Crippen molar-refractivity contribution in [2.45, 2.75) is 25.9 Å². The summed E-state index contributed by atoms with van der Waals surface area (Å²) in [7, 11) is 2.11. The molecule has 2 aromatic carbocycles. The van der Waals surface area contributed by atoms with Crippen LogP contribution in [0.2, 0.25) is 0 Å². The van der Waals surface area contributed by atoms with Gasteiger partial charge in [0.2, 0.25) is 0 Å². The van der Waals surface area contributed by atoms with Gasteiger partial charge in [-0.1, -0.05) is 48.5 Å². The van der Waals surface area contributed by atoms with Crippen molar-refractivity contribution in [3.63, 3.8) is 0 Å². The molecule has 1 N–H and O–H groups in total. The van der Waals surface area contributed by atoms with Gasteiger partial charge in [0.05, 0.1) is 0 Å². The van der Waals surface area contributed by atoms with Gasteiger partial charge in [-0.3, -0.25) is 0 Å². The summed E-state index contributed by atoms with van der Waals surface area (Å²) in [4.78, 5) is 0. The summed E-state index contributed by atoms with van der Waals surface area (Å²) in [5, 5.41) is 4.99. The van der Waals surface area contributed by atoms with Crippen molar-refractivity contribution in [2.75, 3.05) is 0 Å². The molecule has 0 radical (unpaired) electrons. The fourth-order valence-electron chi connectivity index (χ4n) is 2.89. The van der Waals surface area contributed by atoms with Gasteiger partial charge in [-0.2, -0.15) is 0 Å². The highest BCUT2D eigenvalue weighted by Gasteiger charge is 2.08. The van der Waals surface area contributed by atoms with E-state index < -0.39 is 0 Å². The Labute approximate surface area is 126 Å². The molecule has 0 aliphatic carbocycles. The Bertz CT molecular complexity index is 713. The number of aromatic nitrogens is 1. The molecule has 3 aromatic rings. The van der Waals surface area contributed by atoms with E-state index in [1.807, 2.05) is 0 Å². The lowest BCUT2D eigenvalue weighted by Gasteiger charge is -2.13. The van der Waals surface area contributed by atoms with Crippen molar-refractivity contribution in [3.8, 4) is 0 Å². The lowest BCUT2D eigenvalue weighted by molar-refractivity contribution is 0.546. The third-order valence-electron chi connectivity index (χ3n) is 4.01. The number of nitrogens with zero attached hydrogens (tertiary/aromatic N) is 1. The van der Waals surface area contributed by atoms with Crippen LogP contribution in [0.25, 0.3) is 10.9 Å². The Kier molecular flexibility index (Phi) is 4.07. The second kappa shape index (κ2) is 6.15. The van der Waals surface area contributed by atoms with Crippen LogP contribution in [0.1, 0.15) is 18.1 Å². The maximum atomic E-state index is 3.64. The fourth-order valence-corrected chi connectivity index (χ4v) is 2.89. The third-order valence-corrected chi connectivity index (χ3v) is 4.01. The van der Waals surface area contributed by atoms with Crippen molar-refractivity contribution >= 4 is 10.9 Å². The average Bonchev–Trinajstić information content (AvgIpc) is 2.83. The molecule has 21 heavy (non-hydrogen) atoms. The first-order valence-corrected chi connectivity index (χ1v) is 7.54. The zero-order valence-corrected chi connectivity index (χ0v) is 12.7. The molecular formula is C19H22N2. The van der Waals surface area contributed by atoms with Gasteiger partial charge in [-0.05, 0) is 30.5 Å². The first-order chi connectivity index (χ1) is 10.2. The highest BCUT2D eigenvalue weighted by Crippen LogP contribution is 2.20. The first-order valence-electron chi connectivity index (χ1n) is 7.54. The van der Waals surface area contributed by atoms with Gasteiger partial charge in [-0.15, -0.1) is 0 Å². The van der Waals surface area contributed by atoms with Gasteiger partial charge < -0.3 is 9.88 Å². The van der Waals surface area contributed by atoms with E-state index in [4.69, 9.17) is 0 Å². The van der Waals surface area contributed by atoms with E-state index in [1.54, 1.807) is 0 Å². The van der Waals surface area contributed by atoms with E-state index >= 15 is 0 Å². The van der Waals surface area contributed by atoms with E-state index in [0.717, 1.165) is 13.0 Å². The minimum Gasteiger partial charge on any atom is -0.350 e. The Morgan fingerprint density at radius 1 is 1.00 bits per heavy atom. The Morgan fingerprint density at radius 2 is 1.71 bits per heavy atom. The quantitative estimate of drug-likeness (QED) is 0.749. The van der Waals surface area contributed by atoms with Gasteiger partial charge in [0, 0.05) is 36.7 Å². The molecule has 3 rings (SSSR count). The maximum absolute atomic E-state index is 3.64. The van der Waals surface area contributed by atoms with Crippen LogP contribution in [0.4, 0.5) is 0 Å². The van der Waals surface area contributed by atoms with Crippen LogP contribution in [-0.4, -0.2) is 10.6 Å². The predicted molar refractivity (Wildman–Crippen MR) is 89.4 cm³/mol. The number of hydrogen-bond donors (Lipinski definition) is 1. The van der Waals surface area contributed by atoms with Crippen molar-refractivity contribution in [1.29, 1.82) is 0 Å². The third kappa shape index (κ3) is 3.17. The van der Waals surface area contributed by atoms with E-state index in [2.05, 4.69) is 84.6 Å². The van der Waals surface area contributed by atoms with Crippen LogP contribution < -0.4 is 5.32 Å². The Hall–Kier alpha value is -2.06. The number of nitrogens with one attached hydrogen (secondary N) is 1. The zero-order chi connectivity index (χ0) is 14.7. The zero-order valence-electron chi connectivity index (χ0n) is 12.7. The van der Waals surface area contributed by atoms with E-state index in [-0.39, 0.29) is 0 Å². The smallest absolute Gasteiger partial charge is 0.0481 e. The Balaban J connectivity index is 1.66. The molecule has 1 unspecified atom stereocenters. The summed E-state index contributed by atoms with van der Waals surface area (Å²) in [6.45, 7) is 3.16. The summed E-state index contributed by atoms with van der Waals surface area (Å²) >= 11 is 0. The number of hydrogen-bond acceptors (Lipinski definition) is 1. The number of para-hydroxylation sites is 1. The summed E-state index contributed by atoms with van der Waals surface area (Å²) in [5.41, 5.74) is 4.05. The number of fused-ring (bicyclic) bond motifs is 1. The number of rotatable bonds is 5. The number of aryl methyl sites for hydroxylation is 1. The molecule has 0 aliphatic heterocycles. The highest BCUT2D eigenvalue weighted by atomic mass is 14.9. The van der Waals surface area contributed by atoms with Crippen molar-refractivity contribution in [3.05, 3.63) is 71.9 Å². The standard InChI is InChI=1S/C19H22N2/c1-15(12-16-8-4-3-5-9-16)20-13-17-14-21(2)19-11-7-6-10-18(17)19/h3-11,14-15,20H,12-13H2,1-2H3. The first kappa shape index (κ1) is 13.9. The molecule has 0 bridgehead atoms. The van der Waals surface area contributed by atoms with Crippen LogP contribution in [0.15, 0.2) is 60.8 Å². The molecule has 1 atom stereocenters. The van der Waals surface area contributed by atoms with Crippen LogP contribution in [0, 0.1) is 0 Å². The lowest BCUT2D eigenvalue weighted by atomic mass is 10.1. The normalized spacial score (nSPS) is 12.7. The minimum atomic E-state index is 0.464. The van der Waals surface area contributed by atoms with Crippen LogP contribution >= 0.6 is 0 Å². The van der Waals surface area contributed by atoms with Crippen LogP contribution in [0.3, 0.4) is 0 Å². The Morgan fingerprint density at radius 3 is 2.52 bits per heavy atom. The minimum absolute atomic E-state index is 0.464. The summed E-state index contributed by atoms with van der Waals surface area (Å²) < 4.78 is 2.20. The van der Waals surface area contributed by atoms with E-state index in [9.17, 15) is 0 Å². The van der Waals surface area contributed by atoms with Gasteiger partial charge in [0.15, 0.2) is 0 Å². The molecule has 0 saturated heterocycles. The molecule has 0 amide bonds. The highest BCUT2D eigenvalue weighted by molar-refractivity contribution is 5.83. The van der Waals surface area contributed by atoms with Crippen molar-refractivity contribution in [2.24, 2.45) is 7.05 Å². The molecular weight excluding hydrogens is 256 g/mol. The second-order valence-electron chi connectivity index (χ2n) is 5.75. The maximum Gasteiger partial charge on any atom is 0.0481 e. The largest absolute Gasteiger partial charge is 0.350 e. The van der Waals surface area contributed by atoms with Crippen molar-refractivity contribution < 1.29 is 0 Å². The molecule has 0 fully saturated rings. The monoisotopic (exact) mass is 278 g/mol. The summed E-state index contributed by atoms with van der Waals surface area (Å²) in [6, 6.07) is 19.7. The van der Waals surface area contributed by atoms with Gasteiger partial charge in [-0.25, -0.2) is 0 Å². The van der Waals surface area contributed by atoms with Gasteiger partial charge >= 0.3 is 0 Å². The molecule has 0 aliphatic rings. The molecule has 1 aromatic heterocycles. The second-order valence-corrected chi connectivity index (χ2v) is 5.75. The molecule has 2 nitrogen and oxygen atoms in total. The summed E-state index contributed by atoms with van der Waals surface area (Å²) in [6.07, 6.45) is 3.29. The predicted octanol–water partition coefficient (Wildman–Crippen LogP) is 3.90. The van der Waals surface area contributed by atoms with Crippen LogP contribution in [0.5, 0.6) is 0 Å². The van der Waals surface area contributed by atoms with E-state index in [1.165, 1.54) is 22.0 Å². The number of benzene rings is 2. The molecule has 0 spiro atoms. The van der Waals surface area contributed by atoms with Crippen LogP contribution in [-0.2, 0) is 20.0 Å². The lowest BCUT2D eigenvalue weighted by Crippen LogP contribution is -2.27. The summed E-state index contributed by atoms with van der Waals surface area (Å²) in [5.74, 6) is 0. The average molecular weight is 278 g/mol.